The molecule has 2 rings (SSSR count). The number of hydrogen-bond acceptors (Lipinski definition) is 4. The third-order valence-electron chi connectivity index (χ3n) is 2.08. The number of rotatable bonds is 3. The Labute approximate surface area is 91.6 Å². The van der Waals surface area contributed by atoms with Gasteiger partial charge in [0.25, 0.3) is 0 Å². The van der Waals surface area contributed by atoms with Crippen molar-refractivity contribution in [3.05, 3.63) is 34.3 Å². The molecular weight excluding hydrogens is 210 g/mol. The van der Waals surface area contributed by atoms with Gasteiger partial charge in [0, 0.05) is 18.1 Å². The monoisotopic (exact) mass is 221 g/mol. The highest BCUT2D eigenvalue weighted by Crippen LogP contribution is 2.12. The van der Waals surface area contributed by atoms with Gasteiger partial charge in [0.1, 0.15) is 11.4 Å². The fourth-order valence-corrected chi connectivity index (χ4v) is 1.84. The van der Waals surface area contributed by atoms with Crippen LogP contribution >= 0.6 is 11.3 Å². The second-order valence-corrected chi connectivity index (χ2v) is 4.23. The normalized spacial score (nSPS) is 10.5. The smallest absolute Gasteiger partial charge is 0.232 e. The second-order valence-electron chi connectivity index (χ2n) is 3.17. The number of ketones is 1. The van der Waals surface area contributed by atoms with Crippen molar-refractivity contribution in [2.75, 3.05) is 0 Å². The molecule has 15 heavy (non-hydrogen) atoms. The predicted molar refractivity (Wildman–Crippen MR) is 58.2 cm³/mol. The zero-order chi connectivity index (χ0) is 10.8. The highest BCUT2D eigenvalue weighted by molar-refractivity contribution is 7.09. The van der Waals surface area contributed by atoms with Crippen LogP contribution in [0.5, 0.6) is 0 Å². The molecule has 0 radical (unpaired) electrons. The summed E-state index contributed by atoms with van der Waals surface area (Å²) in [6.07, 6.45) is 3.41. The largest absolute Gasteiger partial charge is 0.337 e. The molecule has 0 unspecified atom stereocenters. The molecule has 0 aliphatic heterocycles. The highest BCUT2D eigenvalue weighted by Gasteiger charge is 2.14. The third-order valence-corrected chi connectivity index (χ3v) is 2.86. The van der Waals surface area contributed by atoms with Crippen LogP contribution in [0.25, 0.3) is 0 Å². The number of nitrogens with zero attached hydrogens (tertiary/aromatic N) is 3. The van der Waals surface area contributed by atoms with Crippen LogP contribution in [0.1, 0.15) is 28.1 Å². The van der Waals surface area contributed by atoms with Gasteiger partial charge in [-0.2, -0.15) is 0 Å². The maximum absolute atomic E-state index is 11.9. The van der Waals surface area contributed by atoms with Gasteiger partial charge in [0.2, 0.25) is 5.78 Å². The molecule has 0 aromatic carbocycles. The first-order valence-electron chi connectivity index (χ1n) is 4.69. The van der Waals surface area contributed by atoms with E-state index in [-0.39, 0.29) is 5.78 Å². The predicted octanol–water partition coefficient (Wildman–Crippen LogP) is 1.90. The van der Waals surface area contributed by atoms with Crippen molar-refractivity contribution in [1.29, 1.82) is 0 Å². The molecule has 0 fully saturated rings. The summed E-state index contributed by atoms with van der Waals surface area (Å²) >= 11 is 1.47. The lowest BCUT2D eigenvalue weighted by Gasteiger charge is -1.91. The Hall–Kier alpha value is -1.49. The van der Waals surface area contributed by atoms with Crippen LogP contribution in [0, 0.1) is 6.92 Å². The van der Waals surface area contributed by atoms with Gasteiger partial charge < -0.3 is 4.57 Å². The molecule has 0 bridgehead atoms. The Kier molecular flexibility index (Phi) is 2.64. The lowest BCUT2D eigenvalue weighted by atomic mass is 10.2. The number of thiazole rings is 1. The van der Waals surface area contributed by atoms with Crippen molar-refractivity contribution < 1.29 is 4.79 Å². The third kappa shape index (κ3) is 1.97. The van der Waals surface area contributed by atoms with Gasteiger partial charge in [0.15, 0.2) is 0 Å². The first kappa shape index (κ1) is 10.0. The summed E-state index contributed by atoms with van der Waals surface area (Å²) in [7, 11) is 0. The molecule has 0 atom stereocenters. The van der Waals surface area contributed by atoms with Crippen molar-refractivity contribution in [1.82, 2.24) is 14.5 Å². The van der Waals surface area contributed by atoms with Crippen molar-refractivity contribution in [2.24, 2.45) is 0 Å². The molecule has 5 heteroatoms. The molecule has 0 spiro atoms. The van der Waals surface area contributed by atoms with E-state index < -0.39 is 0 Å². The number of imidazole rings is 1. The highest BCUT2D eigenvalue weighted by atomic mass is 32.1. The minimum Gasteiger partial charge on any atom is -0.337 e. The minimum atomic E-state index is -0.105. The van der Waals surface area contributed by atoms with Crippen LogP contribution in [-0.2, 0) is 6.54 Å². The van der Waals surface area contributed by atoms with E-state index in [2.05, 4.69) is 9.97 Å². The van der Waals surface area contributed by atoms with Gasteiger partial charge in [-0.25, -0.2) is 9.97 Å². The molecule has 2 heterocycles. The summed E-state index contributed by atoms with van der Waals surface area (Å²) < 4.78 is 1.87. The lowest BCUT2D eigenvalue weighted by molar-refractivity contribution is 0.103. The molecule has 78 valence electrons. The van der Waals surface area contributed by atoms with Crippen LogP contribution in [0.15, 0.2) is 17.9 Å². The summed E-state index contributed by atoms with van der Waals surface area (Å²) in [5, 5.41) is 2.66. The Morgan fingerprint density at radius 2 is 2.33 bits per heavy atom. The molecule has 4 nitrogen and oxygen atoms in total. The quantitative estimate of drug-likeness (QED) is 0.744. The van der Waals surface area contributed by atoms with Gasteiger partial charge >= 0.3 is 0 Å². The fourth-order valence-electron chi connectivity index (χ4n) is 1.25. The van der Waals surface area contributed by atoms with Gasteiger partial charge in [0.05, 0.1) is 11.3 Å². The summed E-state index contributed by atoms with van der Waals surface area (Å²) in [6.45, 7) is 4.70. The summed E-state index contributed by atoms with van der Waals surface area (Å²) in [5.74, 6) is -0.105. The fraction of sp³-hybridized carbons (Fsp3) is 0.300. The van der Waals surface area contributed by atoms with E-state index in [1.165, 1.54) is 11.3 Å². The van der Waals surface area contributed by atoms with Crippen LogP contribution in [0.3, 0.4) is 0 Å². The van der Waals surface area contributed by atoms with Crippen LogP contribution in [-0.4, -0.2) is 20.3 Å². The topological polar surface area (TPSA) is 47.8 Å². The van der Waals surface area contributed by atoms with Crippen molar-refractivity contribution in [3.8, 4) is 0 Å². The average molecular weight is 221 g/mol. The maximum Gasteiger partial charge on any atom is 0.232 e. The van der Waals surface area contributed by atoms with Crippen molar-refractivity contribution in [2.45, 2.75) is 20.4 Å². The molecule has 0 aliphatic rings. The molecule has 0 aliphatic carbocycles. The SMILES string of the molecule is CCn1cnc(C(=O)c2csc(C)n2)c1. The average Bonchev–Trinajstić information content (AvgIpc) is 2.84. The van der Waals surface area contributed by atoms with E-state index in [0.29, 0.717) is 11.4 Å². The van der Waals surface area contributed by atoms with Crippen molar-refractivity contribution >= 4 is 17.1 Å². The number of carbonyl (C=O) groups excluding carboxylic acids is 1. The standard InChI is InChI=1S/C10H11N3OS/c1-3-13-4-8(11-6-13)10(14)9-5-15-7(2)12-9/h4-6H,3H2,1-2H3. The molecule has 0 saturated heterocycles. The number of hydrogen-bond donors (Lipinski definition) is 0. The summed E-state index contributed by atoms with van der Waals surface area (Å²) in [5.41, 5.74) is 0.945. The molecule has 0 amide bonds. The maximum atomic E-state index is 11.9. The number of carbonyl (C=O) groups is 1. The van der Waals surface area contributed by atoms with Gasteiger partial charge in [-0.3, -0.25) is 4.79 Å². The first-order chi connectivity index (χ1) is 7.20. The van der Waals surface area contributed by atoms with E-state index in [1.807, 2.05) is 18.4 Å². The zero-order valence-electron chi connectivity index (χ0n) is 8.60. The molecule has 2 aromatic rings. The second kappa shape index (κ2) is 3.94. The summed E-state index contributed by atoms with van der Waals surface area (Å²) in [6, 6.07) is 0. The Morgan fingerprint density at radius 1 is 1.53 bits per heavy atom. The van der Waals surface area contributed by atoms with E-state index in [4.69, 9.17) is 0 Å². The molecular formula is C10H11N3OS. The first-order valence-corrected chi connectivity index (χ1v) is 5.57. The number of aromatic nitrogens is 3. The van der Waals surface area contributed by atoms with Crippen LogP contribution in [0.2, 0.25) is 0 Å². The van der Waals surface area contributed by atoms with E-state index in [1.54, 1.807) is 17.9 Å². The lowest BCUT2D eigenvalue weighted by Crippen LogP contribution is -2.02. The Balaban J connectivity index is 2.28. The minimum absolute atomic E-state index is 0.105. The van der Waals surface area contributed by atoms with Crippen molar-refractivity contribution in [3.63, 3.8) is 0 Å². The van der Waals surface area contributed by atoms with Crippen LogP contribution in [0.4, 0.5) is 0 Å². The Bertz CT molecular complexity index is 486. The zero-order valence-corrected chi connectivity index (χ0v) is 9.41. The van der Waals surface area contributed by atoms with Gasteiger partial charge in [-0.15, -0.1) is 11.3 Å². The molecule has 0 saturated carbocycles. The Morgan fingerprint density at radius 3 is 2.87 bits per heavy atom. The number of aryl methyl sites for hydroxylation is 2. The molecule has 0 N–H and O–H groups in total. The van der Waals surface area contributed by atoms with Gasteiger partial charge in [-0.1, -0.05) is 0 Å². The summed E-state index contributed by atoms with van der Waals surface area (Å²) in [4.78, 5) is 20.0. The van der Waals surface area contributed by atoms with E-state index >= 15 is 0 Å². The van der Waals surface area contributed by atoms with E-state index in [9.17, 15) is 4.79 Å². The van der Waals surface area contributed by atoms with E-state index in [0.717, 1.165) is 11.6 Å². The molecule has 2 aromatic heterocycles. The van der Waals surface area contributed by atoms with Gasteiger partial charge in [-0.05, 0) is 13.8 Å². The van der Waals surface area contributed by atoms with Crippen LogP contribution < -0.4 is 0 Å².